The number of hydrogen-bond donors (Lipinski definition) is 1. The van der Waals surface area contributed by atoms with Crippen LogP contribution < -0.4 is 5.73 Å². The molecule has 0 aromatic heterocycles. The third-order valence-electron chi connectivity index (χ3n) is 5.29. The zero-order valence-corrected chi connectivity index (χ0v) is 17.0. The van der Waals surface area contributed by atoms with E-state index in [4.69, 9.17) is 10.5 Å². The van der Waals surface area contributed by atoms with Crippen LogP contribution in [0.5, 0.6) is 0 Å². The van der Waals surface area contributed by atoms with E-state index in [0.717, 1.165) is 64.6 Å². The summed E-state index contributed by atoms with van der Waals surface area (Å²) >= 11 is 1.78. The zero-order valence-electron chi connectivity index (χ0n) is 15.4. The fourth-order valence-electron chi connectivity index (χ4n) is 3.87. The number of ether oxygens (including phenoxy) is 1. The van der Waals surface area contributed by atoms with Crippen molar-refractivity contribution in [3.63, 3.8) is 0 Å². The Labute approximate surface area is 167 Å². The zero-order chi connectivity index (χ0) is 17.5. The van der Waals surface area contributed by atoms with E-state index < -0.39 is 0 Å². The molecule has 0 unspecified atom stereocenters. The Kier molecular flexibility index (Phi) is 8.74. The molecule has 1 saturated carbocycles. The molecule has 146 valence electrons. The smallest absolute Gasteiger partial charge is 0.239 e. The van der Waals surface area contributed by atoms with Gasteiger partial charge in [-0.1, -0.05) is 31.0 Å². The van der Waals surface area contributed by atoms with Gasteiger partial charge in [-0.05, 0) is 50.8 Å². The Balaban J connectivity index is 0.00000243. The van der Waals surface area contributed by atoms with Crippen LogP contribution in [-0.2, 0) is 9.53 Å². The molecule has 1 aromatic carbocycles. The number of piperidine rings is 1. The molecular weight excluding hydrogens is 368 g/mol. The number of hydrogen-bond acceptors (Lipinski definition) is 4. The van der Waals surface area contributed by atoms with Crippen molar-refractivity contribution in [1.29, 1.82) is 0 Å². The second kappa shape index (κ2) is 10.5. The van der Waals surface area contributed by atoms with Crippen LogP contribution >= 0.6 is 24.2 Å². The highest BCUT2D eigenvalue weighted by Gasteiger charge is 2.45. The summed E-state index contributed by atoms with van der Waals surface area (Å²) in [6.07, 6.45) is 7.41. The lowest BCUT2D eigenvalue weighted by Gasteiger charge is -2.38. The third-order valence-corrected chi connectivity index (χ3v) is 6.77. The number of carbonyl (C=O) groups excluding carboxylic acids is 1. The minimum absolute atomic E-state index is 0. The fraction of sp³-hybridized carbons (Fsp3) is 0.650. The molecule has 3 rings (SSSR count). The molecule has 4 nitrogen and oxygen atoms in total. The van der Waals surface area contributed by atoms with Crippen molar-refractivity contribution >= 4 is 30.1 Å². The van der Waals surface area contributed by atoms with Crippen molar-refractivity contribution in [2.75, 3.05) is 26.2 Å². The predicted molar refractivity (Wildman–Crippen MR) is 110 cm³/mol. The van der Waals surface area contributed by atoms with Gasteiger partial charge in [0.1, 0.15) is 0 Å². The SMILES string of the molecule is Cl.NCCCOC1CCN(C(=O)C2(Sc3ccccc3)CCCC2)CC1. The van der Waals surface area contributed by atoms with E-state index in [1.165, 1.54) is 4.90 Å². The van der Waals surface area contributed by atoms with Gasteiger partial charge in [0.05, 0.1) is 10.9 Å². The Hall–Kier alpha value is -0.750. The van der Waals surface area contributed by atoms with Gasteiger partial charge in [-0.3, -0.25) is 4.79 Å². The van der Waals surface area contributed by atoms with Gasteiger partial charge in [0.15, 0.2) is 0 Å². The molecule has 2 fully saturated rings. The largest absolute Gasteiger partial charge is 0.378 e. The highest BCUT2D eigenvalue weighted by Crippen LogP contribution is 2.46. The Morgan fingerprint density at radius 3 is 2.46 bits per heavy atom. The summed E-state index contributed by atoms with van der Waals surface area (Å²) in [6.45, 7) is 3.06. The molecular formula is C20H31ClN2O2S. The van der Waals surface area contributed by atoms with E-state index in [0.29, 0.717) is 12.5 Å². The average molecular weight is 399 g/mol. The summed E-state index contributed by atoms with van der Waals surface area (Å²) in [4.78, 5) is 16.6. The molecule has 1 aliphatic heterocycles. The van der Waals surface area contributed by atoms with Crippen molar-refractivity contribution in [2.24, 2.45) is 5.73 Å². The van der Waals surface area contributed by atoms with Crippen LogP contribution in [0.3, 0.4) is 0 Å². The van der Waals surface area contributed by atoms with Crippen LogP contribution in [0, 0.1) is 0 Å². The predicted octanol–water partition coefficient (Wildman–Crippen LogP) is 3.87. The van der Waals surface area contributed by atoms with Gasteiger partial charge in [0.2, 0.25) is 5.91 Å². The summed E-state index contributed by atoms with van der Waals surface area (Å²) in [5.41, 5.74) is 5.52. The van der Waals surface area contributed by atoms with E-state index in [1.807, 2.05) is 6.07 Å². The van der Waals surface area contributed by atoms with Crippen LogP contribution in [0.1, 0.15) is 44.9 Å². The van der Waals surface area contributed by atoms with E-state index in [9.17, 15) is 4.79 Å². The quantitative estimate of drug-likeness (QED) is 0.708. The minimum atomic E-state index is -0.255. The van der Waals surface area contributed by atoms with E-state index in [-0.39, 0.29) is 23.3 Å². The maximum Gasteiger partial charge on any atom is 0.239 e. The molecule has 0 atom stereocenters. The van der Waals surface area contributed by atoms with Crippen LogP contribution in [-0.4, -0.2) is 47.9 Å². The number of amides is 1. The lowest BCUT2D eigenvalue weighted by atomic mass is 10.0. The van der Waals surface area contributed by atoms with Crippen molar-refractivity contribution in [1.82, 2.24) is 4.90 Å². The average Bonchev–Trinajstić information content (AvgIpc) is 3.12. The van der Waals surface area contributed by atoms with Crippen molar-refractivity contribution in [3.05, 3.63) is 30.3 Å². The number of likely N-dealkylation sites (tertiary alicyclic amines) is 1. The Morgan fingerprint density at radius 1 is 1.19 bits per heavy atom. The maximum absolute atomic E-state index is 13.3. The normalized spacial score (nSPS) is 20.0. The first-order chi connectivity index (χ1) is 12.2. The van der Waals surface area contributed by atoms with Gasteiger partial charge < -0.3 is 15.4 Å². The van der Waals surface area contributed by atoms with Gasteiger partial charge in [0.25, 0.3) is 0 Å². The summed E-state index contributed by atoms with van der Waals surface area (Å²) in [7, 11) is 0. The van der Waals surface area contributed by atoms with Crippen LogP contribution in [0.4, 0.5) is 0 Å². The van der Waals surface area contributed by atoms with Gasteiger partial charge in [-0.15, -0.1) is 24.2 Å². The van der Waals surface area contributed by atoms with Gasteiger partial charge >= 0.3 is 0 Å². The summed E-state index contributed by atoms with van der Waals surface area (Å²) in [5.74, 6) is 0.347. The van der Waals surface area contributed by atoms with Crippen LogP contribution in [0.15, 0.2) is 35.2 Å². The number of nitrogens with zero attached hydrogens (tertiary/aromatic N) is 1. The second-order valence-corrected chi connectivity index (χ2v) is 8.58. The third kappa shape index (κ3) is 5.38. The Morgan fingerprint density at radius 2 is 1.85 bits per heavy atom. The topological polar surface area (TPSA) is 55.6 Å². The number of thioether (sulfide) groups is 1. The molecule has 1 heterocycles. The monoisotopic (exact) mass is 398 g/mol. The molecule has 0 spiro atoms. The van der Waals surface area contributed by atoms with Crippen molar-refractivity contribution < 1.29 is 9.53 Å². The number of benzene rings is 1. The van der Waals surface area contributed by atoms with Gasteiger partial charge in [-0.2, -0.15) is 0 Å². The molecule has 1 saturated heterocycles. The highest BCUT2D eigenvalue weighted by molar-refractivity contribution is 8.01. The number of nitrogens with two attached hydrogens (primary N) is 1. The lowest BCUT2D eigenvalue weighted by molar-refractivity contribution is -0.136. The molecule has 0 radical (unpaired) electrons. The standard InChI is InChI=1S/C20H30N2O2S.ClH/c21-13-6-16-24-17-9-14-22(15-10-17)19(23)20(11-4-5-12-20)25-18-7-2-1-3-8-18;/h1-3,7-8,17H,4-6,9-16,21H2;1H. The van der Waals surface area contributed by atoms with E-state index in [2.05, 4.69) is 29.2 Å². The van der Waals surface area contributed by atoms with Crippen molar-refractivity contribution in [3.8, 4) is 0 Å². The molecule has 2 aliphatic rings. The number of carbonyl (C=O) groups is 1. The first-order valence-electron chi connectivity index (χ1n) is 9.59. The van der Waals surface area contributed by atoms with Crippen LogP contribution in [0.25, 0.3) is 0 Å². The minimum Gasteiger partial charge on any atom is -0.378 e. The molecule has 0 bridgehead atoms. The van der Waals surface area contributed by atoms with Crippen molar-refractivity contribution in [2.45, 2.75) is 60.7 Å². The summed E-state index contributed by atoms with van der Waals surface area (Å²) < 4.78 is 5.62. The number of halogens is 1. The molecule has 1 aromatic rings. The molecule has 1 aliphatic carbocycles. The van der Waals surface area contributed by atoms with Crippen LogP contribution in [0.2, 0.25) is 0 Å². The molecule has 1 amide bonds. The summed E-state index contributed by atoms with van der Waals surface area (Å²) in [5, 5.41) is 0. The lowest BCUT2D eigenvalue weighted by Crippen LogP contribution is -2.49. The number of rotatable bonds is 7. The van der Waals surface area contributed by atoms with E-state index >= 15 is 0 Å². The molecule has 2 N–H and O–H groups in total. The van der Waals surface area contributed by atoms with Gasteiger partial charge in [0, 0.05) is 24.6 Å². The molecule has 6 heteroatoms. The first kappa shape index (κ1) is 21.5. The van der Waals surface area contributed by atoms with E-state index in [1.54, 1.807) is 11.8 Å². The van der Waals surface area contributed by atoms with Gasteiger partial charge in [-0.25, -0.2) is 0 Å². The fourth-order valence-corrected chi connectivity index (χ4v) is 5.32. The first-order valence-corrected chi connectivity index (χ1v) is 10.4. The Bertz CT molecular complexity index is 544. The second-order valence-electron chi connectivity index (χ2n) is 7.12. The molecule has 26 heavy (non-hydrogen) atoms. The summed E-state index contributed by atoms with van der Waals surface area (Å²) in [6, 6.07) is 10.4. The highest BCUT2D eigenvalue weighted by atomic mass is 35.5. The maximum atomic E-state index is 13.3.